The summed E-state index contributed by atoms with van der Waals surface area (Å²) in [7, 11) is 0. The normalized spacial score (nSPS) is 13.0. The molecule has 0 atom stereocenters. The van der Waals surface area contributed by atoms with Crippen LogP contribution in [0, 0.1) is 6.92 Å². The van der Waals surface area contributed by atoms with Crippen molar-refractivity contribution in [3.05, 3.63) is 69.1 Å². The fourth-order valence-corrected chi connectivity index (χ4v) is 5.45. The van der Waals surface area contributed by atoms with Gasteiger partial charge in [0.15, 0.2) is 0 Å². The fraction of sp³-hybridized carbons (Fsp3) is 0.0500. The van der Waals surface area contributed by atoms with Crippen LogP contribution >= 0.6 is 23.1 Å². The number of carbonyl (C=O) groups excluding carboxylic acids is 2. The summed E-state index contributed by atoms with van der Waals surface area (Å²) in [6.07, 6.45) is 1.51. The highest BCUT2D eigenvalue weighted by Crippen LogP contribution is 2.38. The minimum absolute atomic E-state index is 0.00436. The van der Waals surface area contributed by atoms with E-state index in [1.54, 1.807) is 23.5 Å². The third-order valence-electron chi connectivity index (χ3n) is 4.79. The molecule has 1 aliphatic rings. The number of fused-ring (bicyclic) bond motifs is 2. The van der Waals surface area contributed by atoms with Gasteiger partial charge in [0.05, 0.1) is 16.8 Å². The molecule has 10 heteroatoms. The summed E-state index contributed by atoms with van der Waals surface area (Å²) < 4.78 is 1.25. The Kier molecular flexibility index (Phi) is 4.19. The quantitative estimate of drug-likeness (QED) is 0.375. The van der Waals surface area contributed by atoms with E-state index in [-0.39, 0.29) is 16.9 Å². The predicted molar refractivity (Wildman–Crippen MR) is 115 cm³/mol. The highest BCUT2D eigenvalue weighted by atomic mass is 32.2. The average Bonchev–Trinajstić information content (AvgIpc) is 3.23. The van der Waals surface area contributed by atoms with Crippen molar-refractivity contribution in [2.24, 2.45) is 0 Å². The number of aryl methyl sites for hydroxylation is 1. The molecule has 0 saturated carbocycles. The van der Waals surface area contributed by atoms with E-state index in [0.29, 0.717) is 5.69 Å². The first-order valence-corrected chi connectivity index (χ1v) is 10.5. The van der Waals surface area contributed by atoms with E-state index in [4.69, 9.17) is 5.73 Å². The number of anilines is 1. The van der Waals surface area contributed by atoms with Crippen LogP contribution in [0.5, 0.6) is 0 Å². The number of amides is 2. The van der Waals surface area contributed by atoms with E-state index in [1.807, 2.05) is 24.4 Å². The van der Waals surface area contributed by atoms with Gasteiger partial charge in [0.1, 0.15) is 22.0 Å². The third-order valence-corrected chi connectivity index (χ3v) is 6.86. The van der Waals surface area contributed by atoms with Gasteiger partial charge in [-0.3, -0.25) is 24.3 Å². The Balaban J connectivity index is 1.70. The fourth-order valence-electron chi connectivity index (χ4n) is 3.42. The predicted octanol–water partition coefficient (Wildman–Crippen LogP) is 2.77. The van der Waals surface area contributed by atoms with Crippen molar-refractivity contribution in [3.63, 3.8) is 0 Å². The molecule has 0 fully saturated rings. The zero-order valence-corrected chi connectivity index (χ0v) is 17.1. The van der Waals surface area contributed by atoms with Crippen LogP contribution < -0.4 is 16.6 Å². The van der Waals surface area contributed by atoms with Crippen LogP contribution in [0.15, 0.2) is 56.8 Å². The number of nitrogens with one attached hydrogen (secondary N) is 1. The average molecular weight is 435 g/mol. The maximum Gasteiger partial charge on any atom is 0.262 e. The number of pyridine rings is 1. The van der Waals surface area contributed by atoms with Crippen molar-refractivity contribution in [2.45, 2.75) is 16.8 Å². The molecule has 3 aromatic heterocycles. The SMILES string of the molecule is Cc1csc2ncnc(Sc3ccccc3-n3c(N)c4c(cc3=O)C(=O)NC4=O)c12. The second-order valence-corrected chi connectivity index (χ2v) is 8.51. The third kappa shape index (κ3) is 2.72. The van der Waals surface area contributed by atoms with E-state index in [9.17, 15) is 14.4 Å². The van der Waals surface area contributed by atoms with Gasteiger partial charge < -0.3 is 5.73 Å². The second kappa shape index (κ2) is 6.78. The van der Waals surface area contributed by atoms with Crippen molar-refractivity contribution in [2.75, 3.05) is 5.73 Å². The zero-order chi connectivity index (χ0) is 21.0. The van der Waals surface area contributed by atoms with Crippen molar-refractivity contribution in [1.29, 1.82) is 0 Å². The number of hydrogen-bond acceptors (Lipinski definition) is 8. The molecule has 0 radical (unpaired) electrons. The van der Waals surface area contributed by atoms with Crippen molar-refractivity contribution in [1.82, 2.24) is 19.9 Å². The highest BCUT2D eigenvalue weighted by molar-refractivity contribution is 7.99. The Bertz CT molecular complexity index is 1440. The molecule has 0 saturated heterocycles. The Hall–Kier alpha value is -3.50. The lowest BCUT2D eigenvalue weighted by atomic mass is 10.1. The molecule has 3 N–H and O–H groups in total. The standard InChI is InChI=1S/C20H13N5O3S2/c1-9-7-29-19-14(9)20(23-8-22-19)30-12-5-3-2-4-11(12)25-13(26)6-10-15(16(25)21)18(28)24-17(10)27/h2-8H,21H2,1H3,(H,24,27,28). The lowest BCUT2D eigenvalue weighted by Gasteiger charge is -2.15. The van der Waals surface area contributed by atoms with Crippen LogP contribution in [-0.2, 0) is 0 Å². The van der Waals surface area contributed by atoms with E-state index in [1.165, 1.54) is 22.7 Å². The summed E-state index contributed by atoms with van der Waals surface area (Å²) in [5.41, 5.74) is 7.28. The van der Waals surface area contributed by atoms with Crippen LogP contribution in [0.1, 0.15) is 26.3 Å². The number of benzene rings is 1. The summed E-state index contributed by atoms with van der Waals surface area (Å²) in [6, 6.07) is 8.34. The van der Waals surface area contributed by atoms with E-state index >= 15 is 0 Å². The molecule has 30 heavy (non-hydrogen) atoms. The number of nitrogen functional groups attached to an aromatic ring is 1. The number of hydrogen-bond donors (Lipinski definition) is 2. The number of nitrogens with two attached hydrogens (primary N) is 1. The lowest BCUT2D eigenvalue weighted by molar-refractivity contribution is 0.0880. The molecule has 0 unspecified atom stereocenters. The lowest BCUT2D eigenvalue weighted by Crippen LogP contribution is -2.24. The molecule has 0 spiro atoms. The molecule has 0 aliphatic carbocycles. The van der Waals surface area contributed by atoms with E-state index in [2.05, 4.69) is 15.3 Å². The van der Waals surface area contributed by atoms with Gasteiger partial charge in [0.2, 0.25) is 0 Å². The van der Waals surface area contributed by atoms with Crippen LogP contribution in [0.2, 0.25) is 0 Å². The first-order chi connectivity index (χ1) is 14.5. The van der Waals surface area contributed by atoms with Gasteiger partial charge in [0.25, 0.3) is 17.4 Å². The van der Waals surface area contributed by atoms with Crippen LogP contribution in [-0.4, -0.2) is 26.3 Å². The van der Waals surface area contributed by atoms with Gasteiger partial charge >= 0.3 is 0 Å². The molecule has 2 amide bonds. The van der Waals surface area contributed by atoms with E-state index in [0.717, 1.165) is 31.8 Å². The number of para-hydroxylation sites is 1. The largest absolute Gasteiger partial charge is 0.384 e. The summed E-state index contributed by atoms with van der Waals surface area (Å²) in [6.45, 7) is 2.00. The number of nitrogens with zero attached hydrogens (tertiary/aromatic N) is 3. The minimum Gasteiger partial charge on any atom is -0.384 e. The topological polar surface area (TPSA) is 120 Å². The van der Waals surface area contributed by atoms with Crippen molar-refractivity contribution < 1.29 is 9.59 Å². The zero-order valence-electron chi connectivity index (χ0n) is 15.5. The molecule has 8 nitrogen and oxygen atoms in total. The molecule has 0 bridgehead atoms. The van der Waals surface area contributed by atoms with Gasteiger partial charge in [-0.25, -0.2) is 9.97 Å². The number of aromatic nitrogens is 3. The molecule has 1 aromatic carbocycles. The highest BCUT2D eigenvalue weighted by Gasteiger charge is 2.32. The van der Waals surface area contributed by atoms with Crippen LogP contribution in [0.3, 0.4) is 0 Å². The Labute approximate surface area is 177 Å². The number of imide groups is 1. The Morgan fingerprint density at radius 2 is 1.93 bits per heavy atom. The molecule has 4 heterocycles. The molecular weight excluding hydrogens is 422 g/mol. The molecule has 4 aromatic rings. The summed E-state index contributed by atoms with van der Waals surface area (Å²) in [5.74, 6) is -1.31. The maximum atomic E-state index is 12.8. The van der Waals surface area contributed by atoms with Crippen LogP contribution in [0.25, 0.3) is 15.9 Å². The molecular formula is C20H13N5O3S2. The second-order valence-electron chi connectivity index (χ2n) is 6.62. The molecule has 5 rings (SSSR count). The van der Waals surface area contributed by atoms with Gasteiger partial charge in [-0.15, -0.1) is 11.3 Å². The van der Waals surface area contributed by atoms with Crippen molar-refractivity contribution >= 4 is 50.9 Å². The van der Waals surface area contributed by atoms with Crippen molar-refractivity contribution in [3.8, 4) is 5.69 Å². The van der Waals surface area contributed by atoms with Gasteiger partial charge in [-0.05, 0) is 30.0 Å². The first kappa shape index (κ1) is 18.5. The smallest absolute Gasteiger partial charge is 0.262 e. The van der Waals surface area contributed by atoms with Gasteiger partial charge in [-0.2, -0.15) is 0 Å². The summed E-state index contributed by atoms with van der Waals surface area (Å²) >= 11 is 2.92. The van der Waals surface area contributed by atoms with Gasteiger partial charge in [-0.1, -0.05) is 23.9 Å². The first-order valence-electron chi connectivity index (χ1n) is 8.83. The van der Waals surface area contributed by atoms with Gasteiger partial charge in [0, 0.05) is 16.3 Å². The summed E-state index contributed by atoms with van der Waals surface area (Å²) in [5, 5.41) is 5.91. The monoisotopic (exact) mass is 435 g/mol. The van der Waals surface area contributed by atoms with E-state index < -0.39 is 17.4 Å². The maximum absolute atomic E-state index is 12.8. The Morgan fingerprint density at radius 1 is 1.13 bits per heavy atom. The minimum atomic E-state index is -0.620. The number of rotatable bonds is 3. The number of thiophene rings is 1. The number of carbonyl (C=O) groups is 2. The summed E-state index contributed by atoms with van der Waals surface area (Å²) in [4.78, 5) is 47.3. The van der Waals surface area contributed by atoms with Crippen LogP contribution in [0.4, 0.5) is 5.82 Å². The molecule has 1 aliphatic heterocycles. The molecule has 148 valence electrons. The Morgan fingerprint density at radius 3 is 2.77 bits per heavy atom.